The van der Waals surface area contributed by atoms with E-state index in [0.717, 1.165) is 12.2 Å². The second kappa shape index (κ2) is 59.1. The summed E-state index contributed by atoms with van der Waals surface area (Å²) in [7, 11) is 0. The average Bonchev–Trinajstić information content (AvgIpc) is 1.66. The molecule has 1 aromatic carbocycles. The molecule has 0 aliphatic carbocycles. The van der Waals surface area contributed by atoms with Gasteiger partial charge in [-0.05, 0) is 166 Å². The number of phenols is 1. The van der Waals surface area contributed by atoms with E-state index in [0.29, 0.717) is 31.2 Å². The summed E-state index contributed by atoms with van der Waals surface area (Å²) in [6.45, 7) is -0.476. The zero-order valence-corrected chi connectivity index (χ0v) is 71.1. The Labute approximate surface area is 728 Å². The quantitative estimate of drug-likeness (QED) is 0.0125. The molecule has 50 nitrogen and oxygen atoms in total. The highest BCUT2D eigenvalue weighted by Gasteiger charge is 2.43. The van der Waals surface area contributed by atoms with Gasteiger partial charge in [0.25, 0.3) is 0 Å². The SMILES string of the molecule is N=C(N)NCCC[C@H](NC(=O)CNC(=O)[C@H](Cc1ccc(O)cc1)NC(=O)CCCC[C@H]1SC[C@H]2NC(=O)N[C@H]21)C(=O)N[C@@H](CCCCN)C(=O)N[C@H](CCCCN)C(=O)N[C@@H](CCCNC(=N)N)C(=O)N[C@H](CCCNC(=N)N)C(=O)N[C@@H](CCC(N)=O)C(=O)N[C@@H](CCCNC(=N)N)C(=O)N[C@@H](CCCNC(=N)N)C(=O)N[C@H](CCCNC(=N)N)C(=O)O. The lowest BCUT2D eigenvalue weighted by molar-refractivity contribution is -0.142. The number of urea groups is 1. The predicted molar refractivity (Wildman–Crippen MR) is 465 cm³/mol. The topological polar surface area (TPSA) is 885 Å². The summed E-state index contributed by atoms with van der Waals surface area (Å²) < 4.78 is 0. The molecule has 2 aliphatic heterocycles. The Hall–Kier alpha value is -12.7. The van der Waals surface area contributed by atoms with Gasteiger partial charge in [-0.15, -0.1) is 0 Å². The molecule has 51 heteroatoms. The van der Waals surface area contributed by atoms with Gasteiger partial charge in [0.1, 0.15) is 66.2 Å². The molecule has 3 rings (SSSR count). The molecule has 700 valence electrons. The highest BCUT2D eigenvalue weighted by molar-refractivity contribution is 8.00. The Morgan fingerprint density at radius 3 is 1.03 bits per heavy atom. The number of aliphatic carboxylic acids is 1. The normalized spacial score (nSPS) is 16.0. The van der Waals surface area contributed by atoms with Crippen LogP contribution in [0, 0.1) is 32.5 Å². The number of carboxylic acids is 1. The molecule has 0 saturated carbocycles. The van der Waals surface area contributed by atoms with Crippen molar-refractivity contribution in [3.8, 4) is 5.75 Å². The maximum Gasteiger partial charge on any atom is 0.326 e. The van der Waals surface area contributed by atoms with Gasteiger partial charge in [-0.2, -0.15) is 11.8 Å². The molecule has 0 unspecified atom stereocenters. The van der Waals surface area contributed by atoms with Crippen molar-refractivity contribution in [2.24, 2.45) is 51.6 Å². The van der Waals surface area contributed by atoms with Crippen LogP contribution in [0.4, 0.5) is 4.79 Å². The number of nitrogens with two attached hydrogens (primary N) is 9. The number of rotatable bonds is 64. The van der Waals surface area contributed by atoms with Crippen LogP contribution in [0.25, 0.3) is 0 Å². The number of primary amides is 1. The number of thioether (sulfide) groups is 1. The minimum atomic E-state index is -1.76. The van der Waals surface area contributed by atoms with E-state index >= 15 is 0 Å². The fourth-order valence-corrected chi connectivity index (χ4v) is 14.7. The number of nitrogens with one attached hydrogen (secondary N) is 25. The number of hydrogen-bond donors (Lipinski definition) is 36. The minimum Gasteiger partial charge on any atom is -0.508 e. The van der Waals surface area contributed by atoms with E-state index < -0.39 is 186 Å². The largest absolute Gasteiger partial charge is 0.508 e. The van der Waals surface area contributed by atoms with Crippen LogP contribution in [0.2, 0.25) is 0 Å². The zero-order chi connectivity index (χ0) is 92.9. The van der Waals surface area contributed by atoms with Gasteiger partial charge in [-0.3, -0.25) is 90.0 Å². The number of fused-ring (bicyclic) bond motifs is 1. The van der Waals surface area contributed by atoms with E-state index in [2.05, 4.69) is 101 Å². The number of carbonyl (C=O) groups is 14. The van der Waals surface area contributed by atoms with Crippen molar-refractivity contribution < 1.29 is 77.3 Å². The van der Waals surface area contributed by atoms with Crippen LogP contribution in [0.1, 0.15) is 160 Å². The Balaban J connectivity index is 2.00. The number of benzene rings is 1. The van der Waals surface area contributed by atoms with Gasteiger partial charge in [0.2, 0.25) is 70.9 Å². The van der Waals surface area contributed by atoms with E-state index in [1.165, 1.54) is 12.1 Å². The van der Waals surface area contributed by atoms with Gasteiger partial charge in [0.05, 0.1) is 18.6 Å². The number of phenolic OH excluding ortho intramolecular Hbond substituents is 1. The van der Waals surface area contributed by atoms with Crippen LogP contribution in [0.15, 0.2) is 24.3 Å². The van der Waals surface area contributed by atoms with E-state index in [1.807, 2.05) is 0 Å². The second-order valence-electron chi connectivity index (χ2n) is 30.0. The van der Waals surface area contributed by atoms with Crippen LogP contribution in [-0.2, 0) is 68.7 Å². The molecule has 0 spiro atoms. The van der Waals surface area contributed by atoms with Crippen molar-refractivity contribution >= 4 is 130 Å². The Bertz CT molecular complexity index is 3780. The molecular formula is C74H132N34O16S. The molecule has 13 atom stereocenters. The number of guanidine groups is 6. The molecule has 2 aliphatic rings. The third-order valence-electron chi connectivity index (χ3n) is 19.7. The third-order valence-corrected chi connectivity index (χ3v) is 21.2. The number of amides is 14. The Kier molecular flexibility index (Phi) is 50.4. The fourth-order valence-electron chi connectivity index (χ4n) is 13.2. The van der Waals surface area contributed by atoms with Crippen LogP contribution in [0.3, 0.4) is 0 Å². The lowest BCUT2D eigenvalue weighted by Gasteiger charge is -2.28. The maximum atomic E-state index is 14.9. The van der Waals surface area contributed by atoms with Crippen molar-refractivity contribution in [1.29, 1.82) is 32.5 Å². The standard InChI is InChI=1S/C74H132N34O16S/c75-29-5-3-13-43(99-59(114)42(15-7-31-90-68(78)79)97-56(112)38-96-58(113)51(37-40-23-25-41(109)26-24-40)98-55(111)22-2-1-21-53-57-52(39-125-53)107-74(124)108-57)60(115)100-44(14-4-6-30-76)61(116)101-45(16-8-32-91-69(80)81)62(117)102-47(18-10-34-93-71(84)85)64(119)105-49(27-28-54(77)110)66(121)104-46(17-9-33-92-70(82)83)63(118)103-48(19-11-35-94-72(86)87)65(120)106-50(67(122)123)20-12-36-95-73(88)89/h23-26,42-53,57,109H,1-22,27-39,75-76H2,(H2,77,110)(H,96,113)(H,97,112)(H,98,111)(H,99,114)(H,100,115)(H,101,116)(H,102,117)(H,103,118)(H,104,121)(H,105,119)(H,106,120)(H,122,123)(H4,78,79,90)(H4,80,81,91)(H4,82,83,92)(H4,84,85,93)(H4,86,87,94)(H4,88,89,95)(H2,107,108,124)/t42-,43-,44+,45-,46-,47+,48-,49-,50+,51-,52+,53+,57+/m0/s1. The van der Waals surface area contributed by atoms with E-state index in [4.69, 9.17) is 84.1 Å². The van der Waals surface area contributed by atoms with Crippen molar-refractivity contribution in [1.82, 2.24) is 101 Å². The molecule has 0 radical (unpaired) electrons. The highest BCUT2D eigenvalue weighted by Crippen LogP contribution is 2.33. The molecule has 1 aromatic rings. The van der Waals surface area contributed by atoms with Crippen molar-refractivity contribution in [3.05, 3.63) is 29.8 Å². The molecular weight excluding hydrogens is 1650 g/mol. The number of carbonyl (C=O) groups excluding carboxylic acids is 13. The van der Waals surface area contributed by atoms with Crippen molar-refractivity contribution in [2.45, 2.75) is 238 Å². The highest BCUT2D eigenvalue weighted by atomic mass is 32.2. The van der Waals surface area contributed by atoms with Gasteiger partial charge in [0.15, 0.2) is 35.8 Å². The second-order valence-corrected chi connectivity index (χ2v) is 31.3. The summed E-state index contributed by atoms with van der Waals surface area (Å²) in [6.07, 6.45) is 0.515. The maximum absolute atomic E-state index is 14.9. The lowest BCUT2D eigenvalue weighted by Crippen LogP contribution is -2.60. The molecule has 0 aromatic heterocycles. The lowest BCUT2D eigenvalue weighted by atomic mass is 10.0. The van der Waals surface area contributed by atoms with Gasteiger partial charge < -0.3 is 163 Å². The van der Waals surface area contributed by atoms with Crippen LogP contribution < -0.4 is 153 Å². The van der Waals surface area contributed by atoms with E-state index in [1.54, 1.807) is 23.9 Å². The molecule has 14 amide bonds. The first-order valence-electron chi connectivity index (χ1n) is 41.5. The first-order chi connectivity index (χ1) is 59.4. The van der Waals surface area contributed by atoms with Gasteiger partial charge in [-0.1, -0.05) is 18.6 Å². The van der Waals surface area contributed by atoms with Crippen LogP contribution >= 0.6 is 11.8 Å². The van der Waals surface area contributed by atoms with Crippen LogP contribution in [0.5, 0.6) is 5.75 Å². The summed E-state index contributed by atoms with van der Waals surface area (Å²) >= 11 is 1.74. The molecule has 2 fully saturated rings. The molecule has 45 N–H and O–H groups in total. The Morgan fingerprint density at radius 2 is 0.696 bits per heavy atom. The number of hydrogen-bond acceptors (Lipinski definition) is 24. The van der Waals surface area contributed by atoms with Crippen molar-refractivity contribution in [3.63, 3.8) is 0 Å². The molecule has 2 heterocycles. The van der Waals surface area contributed by atoms with Crippen LogP contribution in [-0.4, -0.2) is 271 Å². The van der Waals surface area contributed by atoms with Gasteiger partial charge in [0, 0.05) is 69.5 Å². The fraction of sp³-hybridized carbons (Fsp3) is 0.649. The predicted octanol–water partition coefficient (Wildman–Crippen LogP) is -9.19. The monoisotopic (exact) mass is 1790 g/mol. The summed E-state index contributed by atoms with van der Waals surface area (Å²) in [5, 5.41) is 116. The number of carboxylic acid groups (broad SMARTS) is 1. The number of unbranched alkanes of at least 4 members (excludes halogenated alkanes) is 3. The summed E-state index contributed by atoms with van der Waals surface area (Å²) in [4.78, 5) is 195. The zero-order valence-electron chi connectivity index (χ0n) is 70.3. The average molecular weight is 1790 g/mol. The van der Waals surface area contributed by atoms with E-state index in [9.17, 15) is 77.3 Å². The summed E-state index contributed by atoms with van der Waals surface area (Å²) in [5.41, 5.74) is 50.9. The summed E-state index contributed by atoms with van der Waals surface area (Å²) in [6, 6.07) is -9.59. The van der Waals surface area contributed by atoms with E-state index in [-0.39, 0.29) is 203 Å². The smallest absolute Gasteiger partial charge is 0.326 e. The molecule has 125 heavy (non-hydrogen) atoms. The van der Waals surface area contributed by atoms with Gasteiger partial charge in [-0.25, -0.2) is 9.59 Å². The number of aromatic hydroxyl groups is 1. The molecule has 0 bridgehead atoms. The third kappa shape index (κ3) is 45.3. The van der Waals surface area contributed by atoms with Gasteiger partial charge >= 0.3 is 12.0 Å². The summed E-state index contributed by atoms with van der Waals surface area (Å²) in [5.74, 6) is -14.4. The van der Waals surface area contributed by atoms with Crippen molar-refractivity contribution in [2.75, 3.05) is 64.7 Å². The minimum absolute atomic E-state index is 0.00241. The Morgan fingerprint density at radius 1 is 0.376 bits per heavy atom. The first-order valence-corrected chi connectivity index (χ1v) is 42.6. The first kappa shape index (κ1) is 106. The molecule has 2 saturated heterocycles.